The van der Waals surface area contributed by atoms with E-state index in [0.29, 0.717) is 17.8 Å². The molecule has 6 nitrogen and oxygen atoms in total. The molecular formula is C15H23N3O3. The Hall–Kier alpha value is -2.08. The molecule has 6 heteroatoms. The summed E-state index contributed by atoms with van der Waals surface area (Å²) in [4.78, 5) is 24.6. The summed E-state index contributed by atoms with van der Waals surface area (Å²) in [5.74, 6) is -0.331. The number of nitrogens with two attached hydrogens (primary N) is 1. The van der Waals surface area contributed by atoms with Gasteiger partial charge in [-0.15, -0.1) is 0 Å². The quantitative estimate of drug-likeness (QED) is 0.745. The van der Waals surface area contributed by atoms with Crippen molar-refractivity contribution < 1.29 is 14.7 Å². The molecule has 0 aromatic heterocycles. The van der Waals surface area contributed by atoms with E-state index in [1.165, 1.54) is 4.90 Å². The average Bonchev–Trinajstić information content (AvgIpc) is 2.37. The van der Waals surface area contributed by atoms with Crippen molar-refractivity contribution in [3.8, 4) is 0 Å². The maximum Gasteiger partial charge on any atom is 0.322 e. The zero-order chi connectivity index (χ0) is 16.0. The molecule has 0 spiro atoms. The summed E-state index contributed by atoms with van der Waals surface area (Å²) >= 11 is 0. The van der Waals surface area contributed by atoms with Gasteiger partial charge in [-0.05, 0) is 30.5 Å². The first-order valence-corrected chi connectivity index (χ1v) is 6.92. The Morgan fingerprint density at radius 2 is 2.00 bits per heavy atom. The van der Waals surface area contributed by atoms with Crippen molar-refractivity contribution in [2.24, 2.45) is 11.7 Å². The van der Waals surface area contributed by atoms with Gasteiger partial charge in [0.15, 0.2) is 0 Å². The Morgan fingerprint density at radius 3 is 2.52 bits per heavy atom. The van der Waals surface area contributed by atoms with Crippen molar-refractivity contribution >= 4 is 17.6 Å². The van der Waals surface area contributed by atoms with E-state index >= 15 is 0 Å². The van der Waals surface area contributed by atoms with E-state index in [2.05, 4.69) is 5.32 Å². The lowest BCUT2D eigenvalue weighted by molar-refractivity contribution is -0.118. The summed E-state index contributed by atoms with van der Waals surface area (Å²) in [6.45, 7) is 5.87. The number of carbonyl (C=O) groups excluding carboxylic acids is 2. The van der Waals surface area contributed by atoms with E-state index in [9.17, 15) is 14.7 Å². The fourth-order valence-corrected chi connectivity index (χ4v) is 1.93. The largest absolute Gasteiger partial charge is 0.389 e. The molecule has 0 heterocycles. The van der Waals surface area contributed by atoms with Crippen LogP contribution in [0.1, 0.15) is 32.4 Å². The third-order valence-electron chi connectivity index (χ3n) is 2.84. The van der Waals surface area contributed by atoms with Crippen LogP contribution in [0.2, 0.25) is 0 Å². The van der Waals surface area contributed by atoms with Crippen molar-refractivity contribution in [3.05, 3.63) is 29.8 Å². The molecule has 1 atom stereocenters. The highest BCUT2D eigenvalue weighted by Gasteiger charge is 2.17. The van der Waals surface area contributed by atoms with Crippen molar-refractivity contribution in [3.63, 3.8) is 0 Å². The minimum atomic E-state index is -0.612. The van der Waals surface area contributed by atoms with E-state index in [1.807, 2.05) is 13.8 Å². The fraction of sp³-hybridized carbons (Fsp3) is 0.467. The van der Waals surface area contributed by atoms with E-state index < -0.39 is 12.0 Å². The predicted molar refractivity (Wildman–Crippen MR) is 81.7 cm³/mol. The van der Waals surface area contributed by atoms with Gasteiger partial charge in [-0.25, -0.2) is 4.79 Å². The van der Waals surface area contributed by atoms with Crippen LogP contribution in [0.15, 0.2) is 24.3 Å². The number of hydrogen-bond donors (Lipinski definition) is 3. The van der Waals surface area contributed by atoms with Gasteiger partial charge in [0.05, 0.1) is 6.10 Å². The van der Waals surface area contributed by atoms with Crippen LogP contribution in [0.25, 0.3) is 0 Å². The van der Waals surface area contributed by atoms with Gasteiger partial charge in [-0.2, -0.15) is 0 Å². The van der Waals surface area contributed by atoms with Crippen molar-refractivity contribution in [1.82, 2.24) is 4.90 Å². The number of nitrogens with one attached hydrogen (secondary N) is 1. The van der Waals surface area contributed by atoms with Crippen LogP contribution in [0.5, 0.6) is 0 Å². The molecule has 1 rings (SSSR count). The molecule has 116 valence electrons. The number of urea groups is 1. The van der Waals surface area contributed by atoms with Crippen LogP contribution < -0.4 is 11.1 Å². The molecule has 0 saturated carbocycles. The second kappa shape index (κ2) is 7.64. The fourth-order valence-electron chi connectivity index (χ4n) is 1.93. The summed E-state index contributed by atoms with van der Waals surface area (Å²) in [5.41, 5.74) is 6.44. The first kappa shape index (κ1) is 17.0. The number of amides is 3. The number of primary amides is 1. The Labute approximate surface area is 124 Å². The molecule has 1 aromatic rings. The number of nitrogens with zero attached hydrogens (tertiary/aromatic N) is 1. The predicted octanol–water partition coefficient (Wildman–Crippen LogP) is 1.72. The molecule has 0 aliphatic heterocycles. The van der Waals surface area contributed by atoms with E-state index in [1.54, 1.807) is 31.2 Å². The van der Waals surface area contributed by atoms with Gasteiger partial charge in [0.2, 0.25) is 5.91 Å². The second-order valence-corrected chi connectivity index (χ2v) is 5.47. The van der Waals surface area contributed by atoms with E-state index in [4.69, 9.17) is 5.73 Å². The first-order chi connectivity index (χ1) is 9.79. The number of rotatable bonds is 6. The van der Waals surface area contributed by atoms with Crippen LogP contribution >= 0.6 is 0 Å². The summed E-state index contributed by atoms with van der Waals surface area (Å²) in [5, 5.41) is 12.3. The van der Waals surface area contributed by atoms with Crippen LogP contribution in [0, 0.1) is 5.92 Å². The van der Waals surface area contributed by atoms with Crippen molar-refractivity contribution in [2.45, 2.75) is 26.9 Å². The van der Waals surface area contributed by atoms with Gasteiger partial charge in [0.25, 0.3) is 0 Å². The summed E-state index contributed by atoms with van der Waals surface area (Å²) in [7, 11) is 0. The topological polar surface area (TPSA) is 95.7 Å². The molecular weight excluding hydrogens is 270 g/mol. The Balaban J connectivity index is 2.80. The van der Waals surface area contributed by atoms with Gasteiger partial charge in [0.1, 0.15) is 6.54 Å². The van der Waals surface area contributed by atoms with Gasteiger partial charge in [0, 0.05) is 12.2 Å². The zero-order valence-corrected chi connectivity index (χ0v) is 12.7. The third-order valence-corrected chi connectivity index (χ3v) is 2.84. The lowest BCUT2D eigenvalue weighted by atomic mass is 10.1. The summed E-state index contributed by atoms with van der Waals surface area (Å²) < 4.78 is 0. The smallest absolute Gasteiger partial charge is 0.322 e. The molecule has 4 N–H and O–H groups in total. The first-order valence-electron chi connectivity index (χ1n) is 6.92. The van der Waals surface area contributed by atoms with E-state index in [-0.39, 0.29) is 18.5 Å². The van der Waals surface area contributed by atoms with Crippen molar-refractivity contribution in [1.29, 1.82) is 0 Å². The minimum absolute atomic E-state index is 0.125. The highest BCUT2D eigenvalue weighted by molar-refractivity contribution is 5.92. The van der Waals surface area contributed by atoms with Gasteiger partial charge >= 0.3 is 6.03 Å². The van der Waals surface area contributed by atoms with E-state index in [0.717, 1.165) is 0 Å². The number of aliphatic hydroxyl groups excluding tert-OH is 1. The zero-order valence-electron chi connectivity index (χ0n) is 12.7. The average molecular weight is 293 g/mol. The number of aliphatic hydroxyl groups is 1. The highest BCUT2D eigenvalue weighted by Crippen LogP contribution is 2.17. The Kier molecular flexibility index (Phi) is 6.17. The lowest BCUT2D eigenvalue weighted by Crippen LogP contribution is -2.42. The second-order valence-electron chi connectivity index (χ2n) is 5.47. The normalized spacial score (nSPS) is 12.0. The SMILES string of the molecule is CC(C)CN(CC(N)=O)C(=O)Nc1cccc(C(C)O)c1. The van der Waals surface area contributed by atoms with Crippen LogP contribution in [-0.4, -0.2) is 35.0 Å². The number of anilines is 1. The van der Waals surface area contributed by atoms with Crippen LogP contribution in [0.3, 0.4) is 0 Å². The number of benzene rings is 1. The van der Waals surface area contributed by atoms with Gasteiger partial charge < -0.3 is 21.1 Å². The van der Waals surface area contributed by atoms with Crippen LogP contribution in [0.4, 0.5) is 10.5 Å². The Morgan fingerprint density at radius 1 is 1.33 bits per heavy atom. The van der Waals surface area contributed by atoms with Crippen molar-refractivity contribution in [2.75, 3.05) is 18.4 Å². The standard InChI is InChI=1S/C15H23N3O3/c1-10(2)8-18(9-14(16)20)15(21)17-13-6-4-5-12(7-13)11(3)19/h4-7,10-11,19H,8-9H2,1-3H3,(H2,16,20)(H,17,21). The highest BCUT2D eigenvalue weighted by atomic mass is 16.3. The maximum atomic E-state index is 12.2. The number of hydrogen-bond acceptors (Lipinski definition) is 3. The lowest BCUT2D eigenvalue weighted by Gasteiger charge is -2.23. The third kappa shape index (κ3) is 5.83. The van der Waals surface area contributed by atoms with Crippen LogP contribution in [-0.2, 0) is 4.79 Å². The molecule has 0 fully saturated rings. The minimum Gasteiger partial charge on any atom is -0.389 e. The summed E-state index contributed by atoms with van der Waals surface area (Å²) in [6, 6.07) is 6.56. The monoisotopic (exact) mass is 293 g/mol. The Bertz CT molecular complexity index is 501. The van der Waals surface area contributed by atoms with Gasteiger partial charge in [-0.3, -0.25) is 4.79 Å². The number of carbonyl (C=O) groups is 2. The van der Waals surface area contributed by atoms with Gasteiger partial charge in [-0.1, -0.05) is 26.0 Å². The molecule has 0 saturated heterocycles. The molecule has 0 aliphatic rings. The molecule has 21 heavy (non-hydrogen) atoms. The maximum absolute atomic E-state index is 12.2. The molecule has 1 aromatic carbocycles. The summed E-state index contributed by atoms with van der Waals surface area (Å²) in [6.07, 6.45) is -0.612. The molecule has 3 amide bonds. The molecule has 0 radical (unpaired) electrons. The molecule has 0 bridgehead atoms. The molecule has 1 unspecified atom stereocenters. The molecule has 0 aliphatic carbocycles.